The molecule has 0 bridgehead atoms. The van der Waals surface area contributed by atoms with Crippen LogP contribution in [0.25, 0.3) is 0 Å². The molecule has 2 aromatic rings. The minimum atomic E-state index is -0.170. The number of nitrogens with one attached hydrogen (secondary N) is 2. The fourth-order valence-electron chi connectivity index (χ4n) is 2.29. The van der Waals surface area contributed by atoms with E-state index in [2.05, 4.69) is 20.6 Å². The highest BCUT2D eigenvalue weighted by molar-refractivity contribution is 5.92. The third kappa shape index (κ3) is 2.74. The lowest BCUT2D eigenvalue weighted by Gasteiger charge is -2.13. The van der Waals surface area contributed by atoms with Gasteiger partial charge in [-0.1, -0.05) is 0 Å². The second kappa shape index (κ2) is 5.48. The van der Waals surface area contributed by atoms with Crippen LogP contribution in [-0.4, -0.2) is 25.9 Å². The first-order valence-electron chi connectivity index (χ1n) is 6.77. The van der Waals surface area contributed by atoms with Gasteiger partial charge in [0.2, 0.25) is 0 Å². The van der Waals surface area contributed by atoms with Gasteiger partial charge in [0.05, 0.1) is 11.7 Å². The van der Waals surface area contributed by atoms with Crippen LogP contribution in [0.15, 0.2) is 12.3 Å². The summed E-state index contributed by atoms with van der Waals surface area (Å²) in [6.45, 7) is 9.87. The van der Waals surface area contributed by atoms with Gasteiger partial charge in [0.25, 0.3) is 5.91 Å². The maximum absolute atomic E-state index is 12.2. The summed E-state index contributed by atoms with van der Waals surface area (Å²) in [4.78, 5) is 12.2. The Labute approximate surface area is 118 Å². The first-order valence-corrected chi connectivity index (χ1v) is 6.77. The monoisotopic (exact) mass is 275 g/mol. The van der Waals surface area contributed by atoms with Crippen molar-refractivity contribution < 1.29 is 4.79 Å². The Morgan fingerprint density at radius 3 is 2.55 bits per heavy atom. The van der Waals surface area contributed by atoms with Crippen LogP contribution in [0, 0.1) is 13.8 Å². The summed E-state index contributed by atoms with van der Waals surface area (Å²) in [7, 11) is 0. The van der Waals surface area contributed by atoms with Crippen molar-refractivity contribution in [2.45, 2.75) is 46.7 Å². The average molecular weight is 275 g/mol. The molecule has 2 heterocycles. The third-order valence-corrected chi connectivity index (χ3v) is 3.34. The van der Waals surface area contributed by atoms with Crippen molar-refractivity contribution in [2.24, 2.45) is 0 Å². The van der Waals surface area contributed by atoms with Crippen LogP contribution in [0.1, 0.15) is 60.3 Å². The van der Waals surface area contributed by atoms with Crippen molar-refractivity contribution in [3.63, 3.8) is 0 Å². The van der Waals surface area contributed by atoms with Gasteiger partial charge in [-0.05, 0) is 40.7 Å². The summed E-state index contributed by atoms with van der Waals surface area (Å²) in [6, 6.07) is 1.87. The van der Waals surface area contributed by atoms with Gasteiger partial charge in [0.15, 0.2) is 0 Å². The van der Waals surface area contributed by atoms with Crippen molar-refractivity contribution in [3.8, 4) is 0 Å². The van der Waals surface area contributed by atoms with Gasteiger partial charge in [0, 0.05) is 23.5 Å². The molecule has 2 rings (SSSR count). The first kappa shape index (κ1) is 14.3. The van der Waals surface area contributed by atoms with Crippen molar-refractivity contribution >= 4 is 5.91 Å². The fraction of sp³-hybridized carbons (Fsp3) is 0.500. The number of rotatable bonds is 4. The van der Waals surface area contributed by atoms with E-state index in [9.17, 15) is 4.79 Å². The third-order valence-electron chi connectivity index (χ3n) is 3.34. The molecular weight excluding hydrogens is 254 g/mol. The van der Waals surface area contributed by atoms with E-state index in [0.717, 1.165) is 17.0 Å². The lowest BCUT2D eigenvalue weighted by Crippen LogP contribution is -2.27. The standard InChI is InChI=1S/C14H21N5O/c1-8(2)19-7-6-12(18-19)14(20)15-9(3)13-10(4)16-17-11(13)5/h6-9H,1-5H3,(H,15,20)(H,16,17)/t9-/m1/s1. The average Bonchev–Trinajstić information content (AvgIpc) is 2.96. The highest BCUT2D eigenvalue weighted by Crippen LogP contribution is 2.19. The van der Waals surface area contributed by atoms with Crippen LogP contribution in [0.2, 0.25) is 0 Å². The van der Waals surface area contributed by atoms with Crippen LogP contribution in [0.3, 0.4) is 0 Å². The highest BCUT2D eigenvalue weighted by atomic mass is 16.2. The molecule has 0 saturated carbocycles. The van der Waals surface area contributed by atoms with E-state index in [1.165, 1.54) is 0 Å². The molecule has 0 fully saturated rings. The maximum Gasteiger partial charge on any atom is 0.272 e. The van der Waals surface area contributed by atoms with Gasteiger partial charge in [-0.25, -0.2) is 0 Å². The number of carbonyl (C=O) groups excluding carboxylic acids is 1. The van der Waals surface area contributed by atoms with E-state index in [1.54, 1.807) is 10.7 Å². The number of carbonyl (C=O) groups is 1. The molecule has 6 nitrogen and oxygen atoms in total. The lowest BCUT2D eigenvalue weighted by molar-refractivity contribution is 0.0933. The number of aromatic amines is 1. The summed E-state index contributed by atoms with van der Waals surface area (Å²) in [5, 5.41) is 14.3. The molecular formula is C14H21N5O. The second-order valence-corrected chi connectivity index (χ2v) is 5.32. The Kier molecular flexibility index (Phi) is 3.92. The van der Waals surface area contributed by atoms with E-state index in [1.807, 2.05) is 40.8 Å². The minimum absolute atomic E-state index is 0.106. The lowest BCUT2D eigenvalue weighted by atomic mass is 10.1. The quantitative estimate of drug-likeness (QED) is 0.899. The zero-order valence-corrected chi connectivity index (χ0v) is 12.6. The number of hydrogen-bond acceptors (Lipinski definition) is 3. The van der Waals surface area contributed by atoms with Gasteiger partial charge >= 0.3 is 0 Å². The second-order valence-electron chi connectivity index (χ2n) is 5.32. The fourth-order valence-corrected chi connectivity index (χ4v) is 2.29. The molecule has 20 heavy (non-hydrogen) atoms. The van der Waals surface area contributed by atoms with Crippen molar-refractivity contribution in [2.75, 3.05) is 0 Å². The summed E-state index contributed by atoms with van der Waals surface area (Å²) in [5.41, 5.74) is 3.34. The van der Waals surface area contributed by atoms with E-state index in [0.29, 0.717) is 5.69 Å². The maximum atomic E-state index is 12.2. The number of H-pyrrole nitrogens is 1. The Hall–Kier alpha value is -2.11. The molecule has 2 N–H and O–H groups in total. The number of nitrogens with zero attached hydrogens (tertiary/aromatic N) is 3. The molecule has 0 aliphatic carbocycles. The molecule has 0 spiro atoms. The predicted octanol–water partition coefficient (Wildman–Crippen LogP) is 2.29. The number of aromatic nitrogens is 4. The largest absolute Gasteiger partial charge is 0.344 e. The molecule has 1 amide bonds. The summed E-state index contributed by atoms with van der Waals surface area (Å²) >= 11 is 0. The van der Waals surface area contributed by atoms with Crippen molar-refractivity contribution in [3.05, 3.63) is 34.9 Å². The molecule has 0 aliphatic rings. The Morgan fingerprint density at radius 1 is 1.35 bits per heavy atom. The molecule has 0 aliphatic heterocycles. The van der Waals surface area contributed by atoms with E-state index in [4.69, 9.17) is 0 Å². The SMILES string of the molecule is Cc1n[nH]c(C)c1[C@@H](C)NC(=O)c1ccn(C(C)C)n1. The Bertz CT molecular complexity index is 591. The molecule has 1 atom stereocenters. The van der Waals surface area contributed by atoms with Crippen LogP contribution < -0.4 is 5.32 Å². The van der Waals surface area contributed by atoms with Crippen LogP contribution in [0.4, 0.5) is 0 Å². The zero-order valence-electron chi connectivity index (χ0n) is 12.6. The van der Waals surface area contributed by atoms with Crippen LogP contribution in [0.5, 0.6) is 0 Å². The molecule has 6 heteroatoms. The van der Waals surface area contributed by atoms with E-state index in [-0.39, 0.29) is 18.0 Å². The Balaban J connectivity index is 2.11. The summed E-state index contributed by atoms with van der Waals surface area (Å²) in [5.74, 6) is -0.170. The number of hydrogen-bond donors (Lipinski definition) is 2. The van der Waals surface area contributed by atoms with E-state index >= 15 is 0 Å². The molecule has 0 unspecified atom stereocenters. The predicted molar refractivity (Wildman–Crippen MR) is 76.6 cm³/mol. The first-order chi connectivity index (χ1) is 9.40. The number of amides is 1. The zero-order chi connectivity index (χ0) is 14.9. The van der Waals surface area contributed by atoms with Crippen LogP contribution >= 0.6 is 0 Å². The molecule has 108 valence electrons. The van der Waals surface area contributed by atoms with Crippen molar-refractivity contribution in [1.82, 2.24) is 25.3 Å². The van der Waals surface area contributed by atoms with Gasteiger partial charge in [-0.3, -0.25) is 14.6 Å². The summed E-state index contributed by atoms with van der Waals surface area (Å²) < 4.78 is 1.77. The normalized spacial score (nSPS) is 12.7. The molecule has 0 radical (unpaired) electrons. The minimum Gasteiger partial charge on any atom is -0.344 e. The van der Waals surface area contributed by atoms with Gasteiger partial charge in [-0.15, -0.1) is 0 Å². The molecule has 2 aromatic heterocycles. The topological polar surface area (TPSA) is 75.6 Å². The van der Waals surface area contributed by atoms with E-state index < -0.39 is 0 Å². The summed E-state index contributed by atoms with van der Waals surface area (Å²) in [6.07, 6.45) is 1.82. The van der Waals surface area contributed by atoms with Crippen molar-refractivity contribution in [1.29, 1.82) is 0 Å². The smallest absolute Gasteiger partial charge is 0.272 e. The van der Waals surface area contributed by atoms with Crippen LogP contribution in [-0.2, 0) is 0 Å². The van der Waals surface area contributed by atoms with Gasteiger partial charge < -0.3 is 5.32 Å². The number of aryl methyl sites for hydroxylation is 2. The van der Waals surface area contributed by atoms with Gasteiger partial charge in [0.1, 0.15) is 5.69 Å². The molecule has 0 saturated heterocycles. The van der Waals surface area contributed by atoms with Gasteiger partial charge in [-0.2, -0.15) is 10.2 Å². The Morgan fingerprint density at radius 2 is 2.05 bits per heavy atom. The molecule has 0 aromatic carbocycles. The highest BCUT2D eigenvalue weighted by Gasteiger charge is 2.18.